The number of benzene rings is 3. The van der Waals surface area contributed by atoms with E-state index in [-0.39, 0.29) is 0 Å². The Kier molecular flexibility index (Phi) is 6.56. The number of halogens is 1. The van der Waals surface area contributed by atoms with E-state index in [0.29, 0.717) is 45.5 Å². The van der Waals surface area contributed by atoms with Crippen LogP contribution in [-0.4, -0.2) is 29.6 Å². The number of ether oxygens (including phenoxy) is 2. The first-order valence-corrected chi connectivity index (χ1v) is 10.6. The summed E-state index contributed by atoms with van der Waals surface area (Å²) < 4.78 is 11.4. The SMILES string of the molecule is COc1cc(/C=C2/C(=O)N(C(=O)c3ccccc3)N=C2C)ccc1OCc1cccc(Cl)c1. The molecule has 0 saturated heterocycles. The van der Waals surface area contributed by atoms with E-state index in [4.69, 9.17) is 21.1 Å². The third kappa shape index (κ3) is 4.96. The van der Waals surface area contributed by atoms with Crippen molar-refractivity contribution < 1.29 is 19.1 Å². The predicted octanol–water partition coefficient (Wildman–Crippen LogP) is 5.37. The van der Waals surface area contributed by atoms with E-state index in [2.05, 4.69) is 5.10 Å². The van der Waals surface area contributed by atoms with Crippen LogP contribution in [0.3, 0.4) is 0 Å². The third-order valence-corrected chi connectivity index (χ3v) is 5.29. The van der Waals surface area contributed by atoms with Crippen LogP contribution in [-0.2, 0) is 11.4 Å². The summed E-state index contributed by atoms with van der Waals surface area (Å²) >= 11 is 6.03. The molecule has 1 aliphatic heterocycles. The Labute approximate surface area is 196 Å². The van der Waals surface area contributed by atoms with Crippen LogP contribution in [0.1, 0.15) is 28.4 Å². The number of carbonyl (C=O) groups excluding carboxylic acids is 2. The molecular formula is C26H21ClN2O4. The van der Waals surface area contributed by atoms with Gasteiger partial charge < -0.3 is 9.47 Å². The molecule has 0 unspecified atom stereocenters. The molecule has 1 heterocycles. The number of nitrogens with zero attached hydrogens (tertiary/aromatic N) is 2. The Morgan fingerprint density at radius 3 is 2.55 bits per heavy atom. The average molecular weight is 461 g/mol. The molecule has 0 aliphatic carbocycles. The quantitative estimate of drug-likeness (QED) is 0.366. The van der Waals surface area contributed by atoms with Gasteiger partial charge in [0.1, 0.15) is 6.61 Å². The van der Waals surface area contributed by atoms with Crippen LogP contribution in [0.15, 0.2) is 83.5 Å². The van der Waals surface area contributed by atoms with E-state index in [9.17, 15) is 9.59 Å². The lowest BCUT2D eigenvalue weighted by Crippen LogP contribution is -2.29. The molecule has 6 nitrogen and oxygen atoms in total. The van der Waals surface area contributed by atoms with Gasteiger partial charge in [-0.1, -0.05) is 48.0 Å². The second-order valence-corrected chi connectivity index (χ2v) is 7.80. The van der Waals surface area contributed by atoms with Gasteiger partial charge in [-0.3, -0.25) is 9.59 Å². The van der Waals surface area contributed by atoms with Gasteiger partial charge in [-0.25, -0.2) is 0 Å². The van der Waals surface area contributed by atoms with E-state index >= 15 is 0 Å². The van der Waals surface area contributed by atoms with Crippen LogP contribution in [0, 0.1) is 0 Å². The Morgan fingerprint density at radius 1 is 1.03 bits per heavy atom. The molecule has 0 radical (unpaired) electrons. The van der Waals surface area contributed by atoms with Gasteiger partial charge in [-0.2, -0.15) is 10.1 Å². The standard InChI is InChI=1S/C26H21ClN2O4/c1-17-22(26(31)29(28-17)25(30)20-8-4-3-5-9-20)14-18-11-12-23(24(15-18)32-2)33-16-19-7-6-10-21(27)13-19/h3-15H,16H2,1-2H3/b22-14+. The van der Waals surface area contributed by atoms with Crippen molar-refractivity contribution in [2.45, 2.75) is 13.5 Å². The zero-order valence-electron chi connectivity index (χ0n) is 18.1. The minimum absolute atomic E-state index is 0.332. The fourth-order valence-electron chi connectivity index (χ4n) is 3.37. The van der Waals surface area contributed by atoms with Crippen LogP contribution in [0.4, 0.5) is 0 Å². The zero-order chi connectivity index (χ0) is 23.4. The van der Waals surface area contributed by atoms with Gasteiger partial charge >= 0.3 is 0 Å². The largest absolute Gasteiger partial charge is 0.493 e. The summed E-state index contributed by atoms with van der Waals surface area (Å²) in [5.41, 5.74) is 2.85. The number of hydrogen-bond donors (Lipinski definition) is 0. The van der Waals surface area contributed by atoms with Gasteiger partial charge in [0.2, 0.25) is 0 Å². The highest BCUT2D eigenvalue weighted by molar-refractivity contribution is 6.31. The van der Waals surface area contributed by atoms with Crippen LogP contribution in [0.25, 0.3) is 6.08 Å². The minimum Gasteiger partial charge on any atom is -0.493 e. The molecule has 0 atom stereocenters. The van der Waals surface area contributed by atoms with Gasteiger partial charge in [0, 0.05) is 10.6 Å². The van der Waals surface area contributed by atoms with Crippen LogP contribution in [0.5, 0.6) is 11.5 Å². The molecule has 4 rings (SSSR count). The highest BCUT2D eigenvalue weighted by Gasteiger charge is 2.32. The maximum Gasteiger partial charge on any atom is 0.283 e. The summed E-state index contributed by atoms with van der Waals surface area (Å²) in [5.74, 6) is 0.138. The van der Waals surface area contributed by atoms with Gasteiger partial charge in [-0.15, -0.1) is 0 Å². The fourth-order valence-corrected chi connectivity index (χ4v) is 3.59. The maximum absolute atomic E-state index is 12.9. The molecule has 33 heavy (non-hydrogen) atoms. The van der Waals surface area contributed by atoms with Crippen molar-refractivity contribution >= 4 is 35.2 Å². The van der Waals surface area contributed by atoms with E-state index in [1.54, 1.807) is 68.6 Å². The number of hydrazone groups is 1. The first-order chi connectivity index (χ1) is 16.0. The second-order valence-electron chi connectivity index (χ2n) is 7.36. The van der Waals surface area contributed by atoms with Gasteiger partial charge in [0.05, 0.1) is 18.4 Å². The lowest BCUT2D eigenvalue weighted by molar-refractivity contribution is -0.123. The molecule has 0 bridgehead atoms. The molecule has 0 N–H and O–H groups in total. The number of amides is 2. The second kappa shape index (κ2) is 9.71. The molecule has 2 amide bonds. The number of carbonyl (C=O) groups is 2. The van der Waals surface area contributed by atoms with Crippen molar-refractivity contribution in [2.75, 3.05) is 7.11 Å². The zero-order valence-corrected chi connectivity index (χ0v) is 18.9. The monoisotopic (exact) mass is 460 g/mol. The number of rotatable bonds is 6. The third-order valence-electron chi connectivity index (χ3n) is 5.06. The lowest BCUT2D eigenvalue weighted by Gasteiger charge is -2.12. The maximum atomic E-state index is 12.9. The van der Waals surface area contributed by atoms with Crippen molar-refractivity contribution in [1.82, 2.24) is 5.01 Å². The first-order valence-electron chi connectivity index (χ1n) is 10.2. The molecule has 0 saturated carbocycles. The number of methoxy groups -OCH3 is 1. The molecule has 3 aromatic carbocycles. The molecule has 0 spiro atoms. The first kappa shape index (κ1) is 22.3. The average Bonchev–Trinajstić information content (AvgIpc) is 3.11. The summed E-state index contributed by atoms with van der Waals surface area (Å²) in [6, 6.07) is 21.4. The van der Waals surface area contributed by atoms with Gasteiger partial charge in [-0.05, 0) is 60.5 Å². The molecule has 0 fully saturated rings. The van der Waals surface area contributed by atoms with Crippen molar-refractivity contribution in [3.8, 4) is 11.5 Å². The summed E-state index contributed by atoms with van der Waals surface area (Å²) in [6.07, 6.45) is 1.68. The van der Waals surface area contributed by atoms with Gasteiger partial charge in [0.15, 0.2) is 11.5 Å². The van der Waals surface area contributed by atoms with E-state index in [1.807, 2.05) is 24.3 Å². The Hall–Kier alpha value is -3.90. The number of hydrogen-bond acceptors (Lipinski definition) is 5. The number of imide groups is 1. The molecule has 166 valence electrons. The summed E-state index contributed by atoms with van der Waals surface area (Å²) in [4.78, 5) is 25.6. The molecule has 3 aromatic rings. The topological polar surface area (TPSA) is 68.2 Å². The highest BCUT2D eigenvalue weighted by atomic mass is 35.5. The molecule has 0 aromatic heterocycles. The summed E-state index contributed by atoms with van der Waals surface area (Å²) in [5, 5.41) is 5.71. The van der Waals surface area contributed by atoms with Crippen molar-refractivity contribution in [2.24, 2.45) is 5.10 Å². The molecular weight excluding hydrogens is 440 g/mol. The smallest absolute Gasteiger partial charge is 0.283 e. The van der Waals surface area contributed by atoms with Crippen LogP contribution in [0.2, 0.25) is 5.02 Å². The van der Waals surface area contributed by atoms with Crippen molar-refractivity contribution in [3.05, 3.63) is 100 Å². The highest BCUT2D eigenvalue weighted by Crippen LogP contribution is 2.31. The Morgan fingerprint density at radius 2 is 1.82 bits per heavy atom. The van der Waals surface area contributed by atoms with Crippen molar-refractivity contribution in [3.63, 3.8) is 0 Å². The normalized spacial score (nSPS) is 14.4. The summed E-state index contributed by atoms with van der Waals surface area (Å²) in [6.45, 7) is 2.03. The fraction of sp³-hybridized carbons (Fsp3) is 0.115. The molecule has 7 heteroatoms. The van der Waals surface area contributed by atoms with Crippen molar-refractivity contribution in [1.29, 1.82) is 0 Å². The lowest BCUT2D eigenvalue weighted by atomic mass is 10.1. The minimum atomic E-state index is -0.471. The van der Waals surface area contributed by atoms with E-state index < -0.39 is 11.8 Å². The summed E-state index contributed by atoms with van der Waals surface area (Å²) in [7, 11) is 1.55. The Balaban J connectivity index is 1.53. The molecule has 1 aliphatic rings. The van der Waals surface area contributed by atoms with Crippen LogP contribution >= 0.6 is 11.6 Å². The van der Waals surface area contributed by atoms with E-state index in [0.717, 1.165) is 10.6 Å². The van der Waals surface area contributed by atoms with Gasteiger partial charge in [0.25, 0.3) is 11.8 Å². The van der Waals surface area contributed by atoms with E-state index in [1.165, 1.54) is 0 Å². The predicted molar refractivity (Wildman–Crippen MR) is 127 cm³/mol. The van der Waals surface area contributed by atoms with Crippen LogP contribution < -0.4 is 9.47 Å². The Bertz CT molecular complexity index is 1270.